The topological polar surface area (TPSA) is 52.3 Å². The lowest BCUT2D eigenvalue weighted by atomic mass is 10.1. The summed E-state index contributed by atoms with van der Waals surface area (Å²) in [5.74, 6) is 7.17. The minimum atomic E-state index is 0.600. The third-order valence-electron chi connectivity index (χ3n) is 5.19. The molecule has 4 aromatic heterocycles. The molecule has 0 unspecified atom stereocenters. The second-order valence-electron chi connectivity index (χ2n) is 7.33. The summed E-state index contributed by atoms with van der Waals surface area (Å²) in [5.41, 5.74) is 7.29. The van der Waals surface area contributed by atoms with Crippen LogP contribution < -0.4 is 4.74 Å². The molecular formula is C26H20N4O. The third-order valence-corrected chi connectivity index (χ3v) is 5.19. The van der Waals surface area contributed by atoms with Crippen molar-refractivity contribution in [2.45, 2.75) is 13.8 Å². The van der Waals surface area contributed by atoms with Gasteiger partial charge in [-0.25, -0.2) is 15.0 Å². The van der Waals surface area contributed by atoms with Crippen molar-refractivity contribution in [1.29, 1.82) is 0 Å². The lowest BCUT2D eigenvalue weighted by Gasteiger charge is -2.07. The monoisotopic (exact) mass is 404 g/mol. The van der Waals surface area contributed by atoms with Crippen molar-refractivity contribution >= 4 is 16.6 Å². The van der Waals surface area contributed by atoms with Gasteiger partial charge in [0.15, 0.2) is 0 Å². The van der Waals surface area contributed by atoms with Gasteiger partial charge in [0.2, 0.25) is 5.88 Å². The largest absolute Gasteiger partial charge is 0.481 e. The Bertz CT molecular complexity index is 1500. The molecule has 4 heterocycles. The maximum absolute atomic E-state index is 5.20. The third kappa shape index (κ3) is 3.49. The minimum Gasteiger partial charge on any atom is -0.481 e. The number of ether oxygens (including phenoxy) is 1. The number of benzene rings is 1. The molecule has 0 aliphatic rings. The summed E-state index contributed by atoms with van der Waals surface area (Å²) in [7, 11) is 1.62. The molecule has 0 aliphatic heterocycles. The highest BCUT2D eigenvalue weighted by Gasteiger charge is 2.14. The average Bonchev–Trinajstić information content (AvgIpc) is 3.13. The molecule has 0 saturated carbocycles. The molecule has 0 fully saturated rings. The molecule has 5 aromatic rings. The van der Waals surface area contributed by atoms with Crippen LogP contribution in [0.3, 0.4) is 0 Å². The fourth-order valence-electron chi connectivity index (χ4n) is 3.71. The van der Waals surface area contributed by atoms with Gasteiger partial charge in [-0.3, -0.25) is 4.40 Å². The zero-order valence-electron chi connectivity index (χ0n) is 17.5. The first-order valence-corrected chi connectivity index (χ1v) is 10.0. The van der Waals surface area contributed by atoms with Crippen LogP contribution in [0.2, 0.25) is 0 Å². The number of pyridine rings is 3. The van der Waals surface area contributed by atoms with Crippen molar-refractivity contribution in [3.63, 3.8) is 0 Å². The van der Waals surface area contributed by atoms with E-state index in [1.54, 1.807) is 7.11 Å². The summed E-state index contributed by atoms with van der Waals surface area (Å²) >= 11 is 0. The number of hydrogen-bond donors (Lipinski definition) is 0. The lowest BCUT2D eigenvalue weighted by molar-refractivity contribution is 0.399. The number of rotatable bonds is 2. The number of methoxy groups -OCH3 is 1. The number of imidazole rings is 1. The van der Waals surface area contributed by atoms with Crippen LogP contribution in [0, 0.1) is 25.7 Å². The molecule has 0 atom stereocenters. The van der Waals surface area contributed by atoms with Crippen molar-refractivity contribution in [2.75, 3.05) is 7.11 Å². The molecular weight excluding hydrogens is 384 g/mol. The van der Waals surface area contributed by atoms with E-state index in [0.29, 0.717) is 5.88 Å². The van der Waals surface area contributed by atoms with Gasteiger partial charge in [0.1, 0.15) is 11.3 Å². The van der Waals surface area contributed by atoms with E-state index in [1.807, 2.05) is 74.6 Å². The van der Waals surface area contributed by atoms with Crippen molar-refractivity contribution in [3.05, 3.63) is 89.5 Å². The number of nitrogens with zero attached hydrogens (tertiary/aromatic N) is 4. The quantitative estimate of drug-likeness (QED) is 0.390. The van der Waals surface area contributed by atoms with E-state index >= 15 is 0 Å². The number of hydrogen-bond acceptors (Lipinski definition) is 4. The van der Waals surface area contributed by atoms with Gasteiger partial charge < -0.3 is 4.74 Å². The smallest absolute Gasteiger partial charge is 0.213 e. The summed E-state index contributed by atoms with van der Waals surface area (Å²) < 4.78 is 7.29. The number of fused-ring (bicyclic) bond motifs is 2. The van der Waals surface area contributed by atoms with E-state index in [-0.39, 0.29) is 0 Å². The molecule has 0 amide bonds. The van der Waals surface area contributed by atoms with E-state index in [1.165, 1.54) is 0 Å². The van der Waals surface area contributed by atoms with E-state index in [4.69, 9.17) is 9.72 Å². The van der Waals surface area contributed by atoms with Gasteiger partial charge in [-0.1, -0.05) is 12.0 Å². The standard InChI is InChI=1S/C26H20N4O/c1-17-7-11-21(26-18(2)28-24-6-4-5-15-30(24)26)23(27-17)13-9-19-8-12-22-20(16-19)10-14-25(29-22)31-3/h4-8,10-12,14-16H,1-3H3. The molecule has 1 aromatic carbocycles. The van der Waals surface area contributed by atoms with Crippen LogP contribution in [-0.2, 0) is 0 Å². The van der Waals surface area contributed by atoms with Crippen LogP contribution in [0.5, 0.6) is 5.88 Å². The Balaban J connectivity index is 1.61. The number of aromatic nitrogens is 4. The van der Waals surface area contributed by atoms with Crippen LogP contribution in [0.15, 0.2) is 66.9 Å². The van der Waals surface area contributed by atoms with E-state index < -0.39 is 0 Å². The predicted molar refractivity (Wildman–Crippen MR) is 122 cm³/mol. The fraction of sp³-hybridized carbons (Fsp3) is 0.115. The van der Waals surface area contributed by atoms with Crippen LogP contribution in [0.1, 0.15) is 22.6 Å². The Morgan fingerprint density at radius 2 is 1.77 bits per heavy atom. The van der Waals surface area contributed by atoms with Crippen LogP contribution in [-0.4, -0.2) is 26.5 Å². The van der Waals surface area contributed by atoms with Gasteiger partial charge in [-0.05, 0) is 68.3 Å². The van der Waals surface area contributed by atoms with Gasteiger partial charge >= 0.3 is 0 Å². The zero-order valence-corrected chi connectivity index (χ0v) is 17.5. The summed E-state index contributed by atoms with van der Waals surface area (Å²) in [6.45, 7) is 4.00. The molecule has 0 N–H and O–H groups in total. The molecule has 5 heteroatoms. The van der Waals surface area contributed by atoms with E-state index in [2.05, 4.69) is 32.3 Å². The summed E-state index contributed by atoms with van der Waals surface area (Å²) in [6, 6.07) is 19.9. The molecule has 31 heavy (non-hydrogen) atoms. The Morgan fingerprint density at radius 1 is 0.871 bits per heavy atom. The minimum absolute atomic E-state index is 0.600. The van der Waals surface area contributed by atoms with Crippen molar-refractivity contribution < 1.29 is 4.74 Å². The molecule has 0 radical (unpaired) electrons. The van der Waals surface area contributed by atoms with Crippen LogP contribution in [0.25, 0.3) is 27.8 Å². The first kappa shape index (κ1) is 18.8. The molecule has 150 valence electrons. The summed E-state index contributed by atoms with van der Waals surface area (Å²) in [6.07, 6.45) is 2.02. The van der Waals surface area contributed by atoms with E-state index in [9.17, 15) is 0 Å². The molecule has 0 saturated heterocycles. The van der Waals surface area contributed by atoms with Crippen LogP contribution in [0.4, 0.5) is 0 Å². The first-order chi connectivity index (χ1) is 15.1. The molecule has 5 nitrogen and oxygen atoms in total. The SMILES string of the molecule is COc1ccc2cc(C#Cc3nc(C)ccc3-c3c(C)nc4ccccn34)ccc2n1. The highest BCUT2D eigenvalue weighted by Crippen LogP contribution is 2.27. The Labute approximate surface area is 180 Å². The average molecular weight is 404 g/mol. The maximum Gasteiger partial charge on any atom is 0.213 e. The number of aryl methyl sites for hydroxylation is 2. The lowest BCUT2D eigenvalue weighted by Crippen LogP contribution is -1.96. The second kappa shape index (κ2) is 7.58. The fourth-order valence-corrected chi connectivity index (χ4v) is 3.71. The maximum atomic E-state index is 5.20. The Morgan fingerprint density at radius 3 is 2.65 bits per heavy atom. The molecule has 0 aliphatic carbocycles. The van der Waals surface area contributed by atoms with Crippen molar-refractivity contribution in [2.24, 2.45) is 0 Å². The van der Waals surface area contributed by atoms with Gasteiger partial charge in [0.25, 0.3) is 0 Å². The zero-order chi connectivity index (χ0) is 21.4. The summed E-state index contributed by atoms with van der Waals surface area (Å²) in [4.78, 5) is 13.9. The molecule has 0 bridgehead atoms. The van der Waals surface area contributed by atoms with Gasteiger partial charge in [0.05, 0.1) is 24.0 Å². The molecule has 5 rings (SSSR count). The Kier molecular flexibility index (Phi) is 4.61. The predicted octanol–water partition coefficient (Wildman–Crippen LogP) is 4.97. The van der Waals surface area contributed by atoms with Gasteiger partial charge in [-0.15, -0.1) is 0 Å². The van der Waals surface area contributed by atoms with Crippen molar-refractivity contribution in [1.82, 2.24) is 19.4 Å². The Hall–Kier alpha value is -4.17. The van der Waals surface area contributed by atoms with E-state index in [0.717, 1.165) is 50.5 Å². The first-order valence-electron chi connectivity index (χ1n) is 10.0. The van der Waals surface area contributed by atoms with Crippen LogP contribution >= 0.6 is 0 Å². The highest BCUT2D eigenvalue weighted by molar-refractivity contribution is 5.81. The van der Waals surface area contributed by atoms with Gasteiger partial charge in [-0.2, -0.15) is 0 Å². The molecule has 0 spiro atoms. The normalized spacial score (nSPS) is 10.8. The summed E-state index contributed by atoms with van der Waals surface area (Å²) in [5, 5.41) is 1.02. The van der Waals surface area contributed by atoms with Crippen molar-refractivity contribution in [3.8, 4) is 29.0 Å². The highest BCUT2D eigenvalue weighted by atomic mass is 16.5. The second-order valence-corrected chi connectivity index (χ2v) is 7.33. The van der Waals surface area contributed by atoms with Gasteiger partial charge in [0, 0.05) is 34.5 Å².